The van der Waals surface area contributed by atoms with Gasteiger partial charge in [-0.25, -0.2) is 13.4 Å². The Hall–Kier alpha value is -3.20. The number of hydrogen-bond donors (Lipinski definition) is 2. The Kier molecular flexibility index (Phi) is 4.95. The molecule has 0 atom stereocenters. The first-order chi connectivity index (χ1) is 12.8. The predicted molar refractivity (Wildman–Crippen MR) is 101 cm³/mol. The number of aromatic nitrogens is 2. The Morgan fingerprint density at radius 1 is 1.04 bits per heavy atom. The quantitative estimate of drug-likeness (QED) is 0.624. The third-order valence-corrected chi connectivity index (χ3v) is 5.42. The molecular weight excluding hydrogens is 368 g/mol. The zero-order valence-electron chi connectivity index (χ0n) is 15.0. The van der Waals surface area contributed by atoms with Crippen molar-refractivity contribution in [1.29, 1.82) is 0 Å². The third-order valence-electron chi connectivity index (χ3n) is 3.82. The largest absolute Gasteiger partial charge is 0.360 e. The first-order valence-corrected chi connectivity index (χ1v) is 9.54. The van der Waals surface area contributed by atoms with E-state index < -0.39 is 10.0 Å². The van der Waals surface area contributed by atoms with Crippen LogP contribution in [0, 0.1) is 13.8 Å². The summed E-state index contributed by atoms with van der Waals surface area (Å²) in [5, 5.41) is 6.79. The Morgan fingerprint density at radius 2 is 1.70 bits per heavy atom. The highest BCUT2D eigenvalue weighted by Crippen LogP contribution is 2.23. The highest BCUT2D eigenvalue weighted by Gasteiger charge is 2.24. The molecule has 8 nitrogen and oxygen atoms in total. The minimum absolute atomic E-state index is 0.00171. The Morgan fingerprint density at radius 3 is 2.22 bits per heavy atom. The van der Waals surface area contributed by atoms with Crippen LogP contribution in [-0.4, -0.2) is 24.3 Å². The average Bonchev–Trinajstić information content (AvgIpc) is 2.96. The second-order valence-electron chi connectivity index (χ2n) is 5.95. The molecule has 0 unspecified atom stereocenters. The van der Waals surface area contributed by atoms with Crippen LogP contribution in [0.3, 0.4) is 0 Å². The molecule has 0 spiro atoms. The van der Waals surface area contributed by atoms with E-state index in [1.165, 1.54) is 20.0 Å². The summed E-state index contributed by atoms with van der Waals surface area (Å²) >= 11 is 0. The second-order valence-corrected chi connectivity index (χ2v) is 7.57. The van der Waals surface area contributed by atoms with Crippen molar-refractivity contribution in [1.82, 2.24) is 10.1 Å². The van der Waals surface area contributed by atoms with Gasteiger partial charge in [-0.05, 0) is 57.2 Å². The zero-order chi connectivity index (χ0) is 19.6. The molecule has 2 N–H and O–H groups in total. The maximum Gasteiger partial charge on any atom is 0.268 e. The number of benzene rings is 1. The first kappa shape index (κ1) is 18.6. The van der Waals surface area contributed by atoms with Crippen molar-refractivity contribution in [3.8, 4) is 0 Å². The maximum atomic E-state index is 12.5. The molecule has 0 aliphatic carbocycles. The van der Waals surface area contributed by atoms with Gasteiger partial charge >= 0.3 is 0 Å². The highest BCUT2D eigenvalue weighted by molar-refractivity contribution is 7.92. The smallest absolute Gasteiger partial charge is 0.268 e. The van der Waals surface area contributed by atoms with Crippen LogP contribution in [0.4, 0.5) is 17.2 Å². The molecule has 2 heterocycles. The number of sulfonamides is 1. The number of aryl methyl sites for hydroxylation is 2. The van der Waals surface area contributed by atoms with Crippen LogP contribution in [0.25, 0.3) is 0 Å². The normalized spacial score (nSPS) is 11.2. The van der Waals surface area contributed by atoms with Crippen molar-refractivity contribution in [3.63, 3.8) is 0 Å². The van der Waals surface area contributed by atoms with Crippen molar-refractivity contribution in [2.75, 3.05) is 10.0 Å². The van der Waals surface area contributed by atoms with Gasteiger partial charge < -0.3 is 9.84 Å². The van der Waals surface area contributed by atoms with Crippen molar-refractivity contribution in [2.45, 2.75) is 25.7 Å². The lowest BCUT2D eigenvalue weighted by molar-refractivity contribution is 0.101. The Labute approximate surface area is 156 Å². The van der Waals surface area contributed by atoms with Gasteiger partial charge in [-0.1, -0.05) is 5.16 Å². The number of ketones is 1. The molecule has 0 amide bonds. The predicted octanol–water partition coefficient (Wildman–Crippen LogP) is 3.43. The van der Waals surface area contributed by atoms with E-state index in [4.69, 9.17) is 4.52 Å². The lowest BCUT2D eigenvalue weighted by atomic mass is 10.1. The average molecular weight is 386 g/mol. The van der Waals surface area contributed by atoms with Gasteiger partial charge in [0, 0.05) is 11.3 Å². The molecule has 3 rings (SSSR count). The van der Waals surface area contributed by atoms with Crippen molar-refractivity contribution in [2.24, 2.45) is 0 Å². The van der Waals surface area contributed by atoms with E-state index >= 15 is 0 Å². The molecule has 0 radical (unpaired) electrons. The van der Waals surface area contributed by atoms with Gasteiger partial charge in [0.2, 0.25) is 0 Å². The van der Waals surface area contributed by atoms with E-state index in [2.05, 4.69) is 20.2 Å². The minimum atomic E-state index is -3.84. The number of Topliss-reactive ketones (excluding diaryl/α,β-unsaturated/α-hetero) is 1. The highest BCUT2D eigenvalue weighted by atomic mass is 32.2. The van der Waals surface area contributed by atoms with Gasteiger partial charge in [0.05, 0.1) is 11.9 Å². The molecule has 0 bridgehead atoms. The van der Waals surface area contributed by atoms with Gasteiger partial charge in [-0.2, -0.15) is 0 Å². The number of carbonyl (C=O) groups excluding carboxylic acids is 1. The fourth-order valence-electron chi connectivity index (χ4n) is 2.53. The van der Waals surface area contributed by atoms with Crippen LogP contribution in [0.5, 0.6) is 0 Å². The van der Waals surface area contributed by atoms with Crippen molar-refractivity contribution >= 4 is 33.0 Å². The van der Waals surface area contributed by atoms with E-state index in [0.717, 1.165) is 5.69 Å². The molecule has 0 aliphatic rings. The lowest BCUT2D eigenvalue weighted by Gasteiger charge is -2.09. The molecule has 0 fully saturated rings. The monoisotopic (exact) mass is 386 g/mol. The van der Waals surface area contributed by atoms with Gasteiger partial charge in [0.25, 0.3) is 10.0 Å². The number of anilines is 3. The van der Waals surface area contributed by atoms with Gasteiger partial charge in [-0.3, -0.25) is 9.52 Å². The molecule has 2 aromatic heterocycles. The van der Waals surface area contributed by atoms with Crippen LogP contribution in [-0.2, 0) is 10.0 Å². The molecular formula is C18H18N4O4S. The zero-order valence-corrected chi connectivity index (χ0v) is 15.8. The number of hydrogen-bond acceptors (Lipinski definition) is 7. The van der Waals surface area contributed by atoms with E-state index in [9.17, 15) is 13.2 Å². The van der Waals surface area contributed by atoms with Crippen LogP contribution < -0.4 is 10.0 Å². The number of pyridine rings is 1. The van der Waals surface area contributed by atoms with Crippen LogP contribution in [0.15, 0.2) is 52.0 Å². The van der Waals surface area contributed by atoms with E-state index in [-0.39, 0.29) is 28.0 Å². The summed E-state index contributed by atoms with van der Waals surface area (Å²) in [7, 11) is -3.84. The van der Waals surface area contributed by atoms with Gasteiger partial charge in [0.15, 0.2) is 16.4 Å². The summed E-state index contributed by atoms with van der Waals surface area (Å²) in [6.45, 7) is 4.60. The van der Waals surface area contributed by atoms with Crippen LogP contribution in [0.1, 0.15) is 28.7 Å². The number of rotatable bonds is 6. The summed E-state index contributed by atoms with van der Waals surface area (Å²) in [5.41, 5.74) is 2.37. The van der Waals surface area contributed by atoms with Gasteiger partial charge in [-0.15, -0.1) is 0 Å². The van der Waals surface area contributed by atoms with E-state index in [1.807, 2.05) is 0 Å². The molecule has 9 heteroatoms. The fraction of sp³-hybridized carbons (Fsp3) is 0.167. The topological polar surface area (TPSA) is 114 Å². The van der Waals surface area contributed by atoms with Crippen molar-refractivity contribution in [3.05, 3.63) is 59.6 Å². The van der Waals surface area contributed by atoms with E-state index in [1.54, 1.807) is 43.3 Å². The summed E-state index contributed by atoms with van der Waals surface area (Å²) in [4.78, 5) is 15.4. The summed E-state index contributed by atoms with van der Waals surface area (Å²) in [6, 6.07) is 10.3. The lowest BCUT2D eigenvalue weighted by Crippen LogP contribution is -2.15. The standard InChI is InChI=1S/C18H18N4O4S/c1-11-18(13(3)26-21-11)27(24,25)22-17-9-8-16(10-19-17)20-15-6-4-14(5-7-15)12(2)23/h4-10,20H,1-3H3,(H,19,22). The molecule has 0 aliphatic heterocycles. The third kappa shape index (κ3) is 4.14. The summed E-state index contributed by atoms with van der Waals surface area (Å²) in [5.74, 6) is 0.387. The summed E-state index contributed by atoms with van der Waals surface area (Å²) < 4.78 is 32.3. The fourth-order valence-corrected chi connectivity index (χ4v) is 3.87. The summed E-state index contributed by atoms with van der Waals surface area (Å²) in [6.07, 6.45) is 1.50. The Bertz CT molecular complexity index is 1050. The van der Waals surface area contributed by atoms with Crippen LogP contribution >= 0.6 is 0 Å². The molecule has 27 heavy (non-hydrogen) atoms. The SMILES string of the molecule is CC(=O)c1ccc(Nc2ccc(NS(=O)(=O)c3c(C)noc3C)nc2)cc1. The minimum Gasteiger partial charge on any atom is -0.360 e. The first-order valence-electron chi connectivity index (χ1n) is 8.06. The molecule has 140 valence electrons. The molecule has 0 saturated heterocycles. The van der Waals surface area contributed by atoms with E-state index in [0.29, 0.717) is 11.3 Å². The number of nitrogens with one attached hydrogen (secondary N) is 2. The second kappa shape index (κ2) is 7.20. The van der Waals surface area contributed by atoms with Crippen molar-refractivity contribution < 1.29 is 17.7 Å². The maximum absolute atomic E-state index is 12.5. The van der Waals surface area contributed by atoms with Crippen LogP contribution in [0.2, 0.25) is 0 Å². The molecule has 0 saturated carbocycles. The Balaban J connectivity index is 1.73. The number of nitrogens with zero attached hydrogens (tertiary/aromatic N) is 2. The molecule has 3 aromatic rings. The molecule has 1 aromatic carbocycles. The van der Waals surface area contributed by atoms with Gasteiger partial charge in [0.1, 0.15) is 11.5 Å². The number of carbonyl (C=O) groups is 1.